The number of hydrogen-bond acceptors (Lipinski definition) is 4. The summed E-state index contributed by atoms with van der Waals surface area (Å²) in [5, 5.41) is 10.3. The van der Waals surface area contributed by atoms with Crippen LogP contribution in [0.4, 0.5) is 4.79 Å². The molecule has 124 valence electrons. The molecule has 0 aromatic heterocycles. The molecular weight excluding hydrogens is 318 g/mol. The molecule has 1 N–H and O–H groups in total. The molecule has 1 fully saturated rings. The molecule has 2 rings (SSSR count). The Morgan fingerprint density at radius 3 is 2.74 bits per heavy atom. The summed E-state index contributed by atoms with van der Waals surface area (Å²) in [6, 6.07) is 9.19. The monoisotopic (exact) mass is 337 g/mol. The Kier molecular flexibility index (Phi) is 5.80. The van der Waals surface area contributed by atoms with Gasteiger partial charge in [0.1, 0.15) is 12.7 Å². The second-order valence-corrected chi connectivity index (χ2v) is 5.97. The van der Waals surface area contributed by atoms with Crippen LogP contribution in [0, 0.1) is 5.92 Å². The van der Waals surface area contributed by atoms with E-state index in [2.05, 4.69) is 0 Å². The van der Waals surface area contributed by atoms with Crippen LogP contribution in [0.5, 0.6) is 0 Å². The fraction of sp³-hybridized carbons (Fsp3) is 0.412. The molecule has 1 heterocycles. The third-order valence-corrected chi connectivity index (χ3v) is 4.38. The number of allylic oxidation sites excluding steroid dienone is 1. The van der Waals surface area contributed by atoms with Gasteiger partial charge in [-0.2, -0.15) is 0 Å². The number of carbonyl (C=O) groups is 2. The van der Waals surface area contributed by atoms with Gasteiger partial charge in [0, 0.05) is 5.03 Å². The number of halogens is 1. The van der Waals surface area contributed by atoms with Gasteiger partial charge in [0.15, 0.2) is 0 Å². The van der Waals surface area contributed by atoms with Crippen molar-refractivity contribution in [3.05, 3.63) is 47.0 Å². The normalized spacial score (nSPS) is 21.0. The van der Waals surface area contributed by atoms with Gasteiger partial charge in [0.2, 0.25) is 5.91 Å². The lowest BCUT2D eigenvalue weighted by Crippen LogP contribution is -2.45. The van der Waals surface area contributed by atoms with E-state index in [9.17, 15) is 14.7 Å². The van der Waals surface area contributed by atoms with Gasteiger partial charge in [-0.15, -0.1) is 0 Å². The van der Waals surface area contributed by atoms with Crippen molar-refractivity contribution in [1.29, 1.82) is 0 Å². The Balaban J connectivity index is 2.14. The van der Waals surface area contributed by atoms with Gasteiger partial charge in [0.25, 0.3) is 0 Å². The Labute approximate surface area is 140 Å². The van der Waals surface area contributed by atoms with Gasteiger partial charge in [-0.25, -0.2) is 9.69 Å². The highest BCUT2D eigenvalue weighted by atomic mass is 35.5. The van der Waals surface area contributed by atoms with E-state index in [1.165, 1.54) is 6.08 Å². The van der Waals surface area contributed by atoms with Crippen molar-refractivity contribution < 1.29 is 19.4 Å². The zero-order valence-electron chi connectivity index (χ0n) is 13.1. The summed E-state index contributed by atoms with van der Waals surface area (Å²) >= 11 is 5.89. The van der Waals surface area contributed by atoms with Crippen molar-refractivity contribution in [1.82, 2.24) is 4.90 Å². The third kappa shape index (κ3) is 3.92. The zero-order valence-corrected chi connectivity index (χ0v) is 13.9. The SMILES string of the molecule is CC=C(Cl)[C@H](O)[C@@H](C)C(=O)N1C(=O)OC[C@H]1Cc1ccccc1. The number of amides is 2. The van der Waals surface area contributed by atoms with E-state index in [-0.39, 0.29) is 17.7 Å². The molecule has 1 aliphatic heterocycles. The van der Waals surface area contributed by atoms with Crippen LogP contribution in [0.2, 0.25) is 0 Å². The molecule has 1 aliphatic rings. The summed E-state index contributed by atoms with van der Waals surface area (Å²) in [6.45, 7) is 3.37. The van der Waals surface area contributed by atoms with Crippen LogP contribution in [-0.4, -0.2) is 40.8 Å². The highest BCUT2D eigenvalue weighted by molar-refractivity contribution is 6.30. The first kappa shape index (κ1) is 17.5. The van der Waals surface area contributed by atoms with Crippen molar-refractivity contribution in [2.24, 2.45) is 5.92 Å². The zero-order chi connectivity index (χ0) is 17.0. The fourth-order valence-electron chi connectivity index (χ4n) is 2.53. The first-order chi connectivity index (χ1) is 11.0. The van der Waals surface area contributed by atoms with Crippen molar-refractivity contribution in [3.8, 4) is 0 Å². The number of carbonyl (C=O) groups excluding carboxylic acids is 2. The van der Waals surface area contributed by atoms with Crippen LogP contribution in [0.15, 0.2) is 41.4 Å². The number of benzene rings is 1. The predicted octanol–water partition coefficient (Wildman–Crippen LogP) is 2.72. The standard InChI is InChI=1S/C17H20ClNO4/c1-3-14(18)15(20)11(2)16(21)19-13(10-23-17(19)22)9-12-7-5-4-6-8-12/h3-8,11,13,15,20H,9-10H2,1-2H3/t11-,13-,15-/m1/s1. The number of aliphatic hydroxyl groups excluding tert-OH is 1. The number of ether oxygens (including phenoxy) is 1. The molecule has 0 spiro atoms. The van der Waals surface area contributed by atoms with Crippen LogP contribution in [0.1, 0.15) is 19.4 Å². The molecule has 6 heteroatoms. The molecular formula is C17H20ClNO4. The van der Waals surface area contributed by atoms with Crippen LogP contribution < -0.4 is 0 Å². The van der Waals surface area contributed by atoms with Crippen LogP contribution in [0.25, 0.3) is 0 Å². The molecule has 0 saturated carbocycles. The van der Waals surface area contributed by atoms with E-state index in [0.29, 0.717) is 6.42 Å². The molecule has 3 atom stereocenters. The number of nitrogens with zero attached hydrogens (tertiary/aromatic N) is 1. The van der Waals surface area contributed by atoms with Gasteiger partial charge >= 0.3 is 6.09 Å². The summed E-state index contributed by atoms with van der Waals surface area (Å²) in [6.07, 6.45) is 0.227. The Morgan fingerprint density at radius 1 is 1.48 bits per heavy atom. The molecule has 5 nitrogen and oxygen atoms in total. The highest BCUT2D eigenvalue weighted by Crippen LogP contribution is 2.24. The molecule has 2 amide bonds. The molecule has 0 aliphatic carbocycles. The first-order valence-electron chi connectivity index (χ1n) is 7.49. The van der Waals surface area contributed by atoms with Crippen molar-refractivity contribution in [2.45, 2.75) is 32.4 Å². The van der Waals surface area contributed by atoms with Crippen molar-refractivity contribution in [2.75, 3.05) is 6.61 Å². The molecule has 23 heavy (non-hydrogen) atoms. The van der Waals surface area contributed by atoms with Crippen LogP contribution in [-0.2, 0) is 16.0 Å². The Hall–Kier alpha value is -1.85. The Bertz CT molecular complexity index is 602. The molecule has 0 bridgehead atoms. The molecule has 0 radical (unpaired) electrons. The average molecular weight is 338 g/mol. The predicted molar refractivity (Wildman–Crippen MR) is 86.9 cm³/mol. The van der Waals surface area contributed by atoms with Crippen molar-refractivity contribution >= 4 is 23.6 Å². The first-order valence-corrected chi connectivity index (χ1v) is 7.87. The molecule has 1 aromatic rings. The molecule has 1 saturated heterocycles. The fourth-order valence-corrected chi connectivity index (χ4v) is 2.72. The lowest BCUT2D eigenvalue weighted by atomic mass is 10.00. The van der Waals surface area contributed by atoms with Gasteiger partial charge in [-0.1, -0.05) is 54.9 Å². The quantitative estimate of drug-likeness (QED) is 0.897. The summed E-state index contributed by atoms with van der Waals surface area (Å²) in [5.74, 6) is -1.32. The highest BCUT2D eigenvalue weighted by Gasteiger charge is 2.41. The number of rotatable bonds is 5. The maximum atomic E-state index is 12.6. The van der Waals surface area contributed by atoms with E-state index in [1.54, 1.807) is 13.8 Å². The van der Waals surface area contributed by atoms with Crippen LogP contribution in [0.3, 0.4) is 0 Å². The largest absolute Gasteiger partial charge is 0.447 e. The summed E-state index contributed by atoms with van der Waals surface area (Å²) < 4.78 is 5.03. The van der Waals surface area contributed by atoms with Gasteiger partial charge in [-0.3, -0.25) is 4.79 Å². The Morgan fingerprint density at radius 2 is 2.13 bits per heavy atom. The summed E-state index contributed by atoms with van der Waals surface area (Å²) in [4.78, 5) is 25.6. The van der Waals surface area contributed by atoms with E-state index in [4.69, 9.17) is 16.3 Å². The number of cyclic esters (lactones) is 1. The average Bonchev–Trinajstić information content (AvgIpc) is 2.93. The summed E-state index contributed by atoms with van der Waals surface area (Å²) in [7, 11) is 0. The second-order valence-electron chi connectivity index (χ2n) is 5.54. The van der Waals surface area contributed by atoms with E-state index in [0.717, 1.165) is 10.5 Å². The van der Waals surface area contributed by atoms with Gasteiger partial charge < -0.3 is 9.84 Å². The van der Waals surface area contributed by atoms with E-state index in [1.807, 2.05) is 30.3 Å². The number of hydrogen-bond donors (Lipinski definition) is 1. The minimum Gasteiger partial charge on any atom is -0.447 e. The van der Waals surface area contributed by atoms with Gasteiger partial charge in [0.05, 0.1) is 12.0 Å². The van der Waals surface area contributed by atoms with Crippen molar-refractivity contribution in [3.63, 3.8) is 0 Å². The number of aliphatic hydroxyl groups is 1. The van der Waals surface area contributed by atoms with Crippen LogP contribution >= 0.6 is 11.6 Å². The third-order valence-electron chi connectivity index (χ3n) is 3.93. The maximum Gasteiger partial charge on any atom is 0.416 e. The molecule has 0 unspecified atom stereocenters. The van der Waals surface area contributed by atoms with E-state index < -0.39 is 24.0 Å². The minimum atomic E-state index is -1.14. The minimum absolute atomic E-state index is 0.152. The van der Waals surface area contributed by atoms with Gasteiger partial charge in [-0.05, 0) is 18.9 Å². The maximum absolute atomic E-state index is 12.6. The smallest absolute Gasteiger partial charge is 0.416 e. The lowest BCUT2D eigenvalue weighted by molar-refractivity contribution is -0.135. The second kappa shape index (κ2) is 7.62. The number of imide groups is 1. The van der Waals surface area contributed by atoms with E-state index >= 15 is 0 Å². The lowest BCUT2D eigenvalue weighted by Gasteiger charge is -2.25. The summed E-state index contributed by atoms with van der Waals surface area (Å²) in [5.41, 5.74) is 1.01. The molecule has 1 aromatic carbocycles. The topological polar surface area (TPSA) is 66.8 Å².